The second-order valence-corrected chi connectivity index (χ2v) is 6.05. The van der Waals surface area contributed by atoms with Gasteiger partial charge < -0.3 is 15.0 Å². The quantitative estimate of drug-likeness (QED) is 0.887. The molecule has 0 aliphatic carbocycles. The van der Waals surface area contributed by atoms with Crippen molar-refractivity contribution in [3.05, 3.63) is 11.7 Å². The molecule has 1 aromatic rings. The minimum Gasteiger partial charge on any atom is -0.367 e. The Morgan fingerprint density at radius 2 is 2.16 bits per heavy atom. The average molecular weight is 267 g/mol. The topological polar surface area (TPSA) is 74.2 Å². The molecule has 2 unspecified atom stereocenters. The van der Waals surface area contributed by atoms with Gasteiger partial charge in [0.25, 0.3) is 0 Å². The average Bonchev–Trinajstić information content (AvgIpc) is 2.87. The first-order valence-electron chi connectivity index (χ1n) is 7.23. The molecule has 0 amide bonds. The van der Waals surface area contributed by atoms with E-state index in [1.54, 1.807) is 0 Å². The molecule has 1 saturated heterocycles. The predicted octanol–water partition coefficient (Wildman–Crippen LogP) is 2.57. The van der Waals surface area contributed by atoms with Gasteiger partial charge in [0, 0.05) is 13.2 Å². The van der Waals surface area contributed by atoms with E-state index < -0.39 is 5.60 Å². The molecule has 0 spiro atoms. The van der Waals surface area contributed by atoms with Gasteiger partial charge in [-0.3, -0.25) is 0 Å². The van der Waals surface area contributed by atoms with Crippen LogP contribution in [0, 0.1) is 5.92 Å². The van der Waals surface area contributed by atoms with Crippen LogP contribution in [-0.4, -0.2) is 23.3 Å². The number of rotatable bonds is 5. The summed E-state index contributed by atoms with van der Waals surface area (Å²) in [6.45, 7) is 7.70. The third-order valence-electron chi connectivity index (χ3n) is 3.77. The Balaban J connectivity index is 2.13. The lowest BCUT2D eigenvalue weighted by Gasteiger charge is -2.30. The summed E-state index contributed by atoms with van der Waals surface area (Å²) in [5, 5.41) is 4.12. The Labute approximate surface area is 114 Å². The largest absolute Gasteiger partial charge is 0.367 e. The van der Waals surface area contributed by atoms with Gasteiger partial charge in [-0.15, -0.1) is 0 Å². The van der Waals surface area contributed by atoms with Crippen molar-refractivity contribution in [1.82, 2.24) is 10.1 Å². The molecule has 1 aliphatic heterocycles. The van der Waals surface area contributed by atoms with Crippen LogP contribution in [0.5, 0.6) is 0 Å². The Hall–Kier alpha value is -0.940. The molecule has 2 atom stereocenters. The fourth-order valence-electron chi connectivity index (χ4n) is 2.59. The molecule has 2 heterocycles. The minimum atomic E-state index is -0.392. The van der Waals surface area contributed by atoms with Crippen LogP contribution in [0.25, 0.3) is 0 Å². The first-order valence-corrected chi connectivity index (χ1v) is 7.23. The second kappa shape index (κ2) is 6.01. The predicted molar refractivity (Wildman–Crippen MR) is 72.7 cm³/mol. The van der Waals surface area contributed by atoms with Gasteiger partial charge in [-0.05, 0) is 38.5 Å². The van der Waals surface area contributed by atoms with E-state index in [-0.39, 0.29) is 5.92 Å². The smallest absolute Gasteiger partial charge is 0.231 e. The van der Waals surface area contributed by atoms with Crippen LogP contribution in [0.4, 0.5) is 0 Å². The van der Waals surface area contributed by atoms with E-state index in [1.165, 1.54) is 0 Å². The Bertz CT molecular complexity index is 397. The number of hydrogen-bond acceptors (Lipinski definition) is 5. The molecule has 1 aliphatic rings. The lowest BCUT2D eigenvalue weighted by Crippen LogP contribution is -2.31. The molecule has 0 saturated carbocycles. The van der Waals surface area contributed by atoms with Crippen LogP contribution in [-0.2, 0) is 10.3 Å². The summed E-state index contributed by atoms with van der Waals surface area (Å²) in [7, 11) is 0. The maximum Gasteiger partial charge on any atom is 0.231 e. The third-order valence-corrected chi connectivity index (χ3v) is 3.77. The van der Waals surface area contributed by atoms with Crippen molar-refractivity contribution in [2.45, 2.75) is 58.0 Å². The standard InChI is InChI=1S/C14H25N3O2/c1-10(2)8-11(9-15)12-16-13(17-19-12)14(3)6-4-5-7-18-14/h10-11H,4-9,15H2,1-3H3. The number of nitrogens with zero attached hydrogens (tertiary/aromatic N) is 2. The van der Waals surface area contributed by atoms with Gasteiger partial charge in [-0.25, -0.2) is 0 Å². The fraction of sp³-hybridized carbons (Fsp3) is 0.857. The highest BCUT2D eigenvalue weighted by molar-refractivity contribution is 5.03. The van der Waals surface area contributed by atoms with Crippen LogP contribution in [0.2, 0.25) is 0 Å². The fourth-order valence-corrected chi connectivity index (χ4v) is 2.59. The van der Waals surface area contributed by atoms with Crippen LogP contribution >= 0.6 is 0 Å². The highest BCUT2D eigenvalue weighted by Crippen LogP contribution is 2.33. The van der Waals surface area contributed by atoms with E-state index in [4.69, 9.17) is 15.0 Å². The van der Waals surface area contributed by atoms with Crippen molar-refractivity contribution in [1.29, 1.82) is 0 Å². The van der Waals surface area contributed by atoms with E-state index in [2.05, 4.69) is 24.0 Å². The molecule has 2 N–H and O–H groups in total. The number of ether oxygens (including phenoxy) is 1. The second-order valence-electron chi connectivity index (χ2n) is 6.05. The molecule has 1 aromatic heterocycles. The summed E-state index contributed by atoms with van der Waals surface area (Å²) in [6.07, 6.45) is 4.17. The monoisotopic (exact) mass is 267 g/mol. The Morgan fingerprint density at radius 1 is 1.37 bits per heavy atom. The molecule has 1 fully saturated rings. The lowest BCUT2D eigenvalue weighted by molar-refractivity contribution is -0.0770. The van der Waals surface area contributed by atoms with Crippen molar-refractivity contribution in [3.8, 4) is 0 Å². The minimum absolute atomic E-state index is 0.147. The van der Waals surface area contributed by atoms with Crippen molar-refractivity contribution < 1.29 is 9.26 Å². The summed E-state index contributed by atoms with van der Waals surface area (Å²) in [4.78, 5) is 4.55. The maximum atomic E-state index is 5.84. The molecule has 2 rings (SSSR count). The van der Waals surface area contributed by atoms with Gasteiger partial charge in [-0.1, -0.05) is 19.0 Å². The highest BCUT2D eigenvalue weighted by Gasteiger charge is 2.35. The molecule has 19 heavy (non-hydrogen) atoms. The molecule has 0 aromatic carbocycles. The summed E-state index contributed by atoms with van der Waals surface area (Å²) < 4.78 is 11.3. The maximum absolute atomic E-state index is 5.84. The third kappa shape index (κ3) is 3.34. The van der Waals surface area contributed by atoms with Crippen molar-refractivity contribution >= 4 is 0 Å². The lowest BCUT2D eigenvalue weighted by atomic mass is 9.95. The number of hydrogen-bond donors (Lipinski definition) is 1. The zero-order chi connectivity index (χ0) is 13.9. The molecule has 0 radical (unpaired) electrons. The van der Waals surface area contributed by atoms with Gasteiger partial charge in [-0.2, -0.15) is 4.98 Å². The van der Waals surface area contributed by atoms with Crippen molar-refractivity contribution in [2.24, 2.45) is 11.7 Å². The summed E-state index contributed by atoms with van der Waals surface area (Å²) >= 11 is 0. The van der Waals surface area contributed by atoms with E-state index in [9.17, 15) is 0 Å². The summed E-state index contributed by atoms with van der Waals surface area (Å²) in [5.41, 5.74) is 5.42. The number of aromatic nitrogens is 2. The Morgan fingerprint density at radius 3 is 2.74 bits per heavy atom. The zero-order valence-electron chi connectivity index (χ0n) is 12.2. The molecule has 5 heteroatoms. The first kappa shape index (κ1) is 14.5. The SMILES string of the molecule is CC(C)CC(CN)c1nc(C2(C)CCCCO2)no1. The van der Waals surface area contributed by atoms with Crippen LogP contribution in [0.3, 0.4) is 0 Å². The van der Waals surface area contributed by atoms with Gasteiger partial charge >= 0.3 is 0 Å². The highest BCUT2D eigenvalue weighted by atomic mass is 16.5. The zero-order valence-corrected chi connectivity index (χ0v) is 12.2. The van der Waals surface area contributed by atoms with E-state index in [1.807, 2.05) is 6.92 Å². The first-order chi connectivity index (χ1) is 9.05. The summed E-state index contributed by atoms with van der Waals surface area (Å²) in [6, 6.07) is 0. The van der Waals surface area contributed by atoms with E-state index in [0.717, 1.165) is 32.3 Å². The molecule has 0 bridgehead atoms. The van der Waals surface area contributed by atoms with Gasteiger partial charge in [0.2, 0.25) is 11.7 Å². The van der Waals surface area contributed by atoms with E-state index >= 15 is 0 Å². The van der Waals surface area contributed by atoms with Gasteiger partial charge in [0.1, 0.15) is 5.60 Å². The van der Waals surface area contributed by atoms with E-state index in [0.29, 0.717) is 24.2 Å². The molecule has 108 valence electrons. The number of nitrogens with two attached hydrogens (primary N) is 1. The molecular weight excluding hydrogens is 242 g/mol. The normalized spacial score (nSPS) is 25.7. The van der Waals surface area contributed by atoms with Crippen molar-refractivity contribution in [3.63, 3.8) is 0 Å². The van der Waals surface area contributed by atoms with Crippen molar-refractivity contribution in [2.75, 3.05) is 13.2 Å². The van der Waals surface area contributed by atoms with Gasteiger partial charge in [0.15, 0.2) is 0 Å². The Kier molecular flexibility index (Phi) is 4.58. The van der Waals surface area contributed by atoms with Crippen LogP contribution in [0.1, 0.15) is 64.1 Å². The molecule has 5 nitrogen and oxygen atoms in total. The molecular formula is C14H25N3O2. The van der Waals surface area contributed by atoms with Crippen LogP contribution in [0.15, 0.2) is 4.52 Å². The summed E-state index contributed by atoms with van der Waals surface area (Å²) in [5.74, 6) is 2.03. The van der Waals surface area contributed by atoms with Crippen LogP contribution < -0.4 is 5.73 Å². The van der Waals surface area contributed by atoms with Gasteiger partial charge in [0.05, 0.1) is 5.92 Å².